The summed E-state index contributed by atoms with van der Waals surface area (Å²) in [5, 5.41) is 8.97. The number of carboxylic acids is 1. The summed E-state index contributed by atoms with van der Waals surface area (Å²) in [7, 11) is 0. The van der Waals surface area contributed by atoms with Gasteiger partial charge in [0.2, 0.25) is 0 Å². The Balaban J connectivity index is 2.01. The first-order valence-corrected chi connectivity index (χ1v) is 4.62. The molecule has 0 radical (unpaired) electrons. The molecule has 1 aliphatic heterocycles. The van der Waals surface area contributed by atoms with Crippen molar-refractivity contribution in [3.05, 3.63) is 0 Å². The molecule has 4 nitrogen and oxygen atoms in total. The van der Waals surface area contributed by atoms with E-state index in [2.05, 4.69) is 0 Å². The van der Waals surface area contributed by atoms with Crippen molar-refractivity contribution in [3.8, 4) is 0 Å². The van der Waals surface area contributed by atoms with Crippen LogP contribution < -0.4 is 0 Å². The summed E-state index contributed by atoms with van der Waals surface area (Å²) in [6, 6.07) is 0. The predicted octanol–water partition coefficient (Wildman–Crippen LogP) is 0.269. The maximum atomic E-state index is 11.3. The van der Waals surface area contributed by atoms with Crippen LogP contribution in [0.25, 0.3) is 0 Å². The van der Waals surface area contributed by atoms with Crippen LogP contribution >= 0.6 is 0 Å². The quantitative estimate of drug-likeness (QED) is 0.591. The highest BCUT2D eigenvalue weighted by atomic mass is 16.6. The van der Waals surface area contributed by atoms with Crippen molar-refractivity contribution in [2.75, 3.05) is 0 Å². The van der Waals surface area contributed by atoms with Crippen LogP contribution in [0.15, 0.2) is 0 Å². The van der Waals surface area contributed by atoms with Gasteiger partial charge in [0.25, 0.3) is 0 Å². The summed E-state index contributed by atoms with van der Waals surface area (Å²) >= 11 is 0. The highest BCUT2D eigenvalue weighted by Crippen LogP contribution is 2.57. The molecule has 0 unspecified atom stereocenters. The Morgan fingerprint density at radius 3 is 2.92 bits per heavy atom. The third kappa shape index (κ3) is 0.716. The van der Waals surface area contributed by atoms with Gasteiger partial charge in [0.05, 0.1) is 11.8 Å². The Morgan fingerprint density at radius 1 is 1.46 bits per heavy atom. The second-order valence-electron chi connectivity index (χ2n) is 4.26. The average Bonchev–Trinajstić information content (AvgIpc) is 2.60. The molecule has 2 aliphatic carbocycles. The topological polar surface area (TPSA) is 63.6 Å². The largest absolute Gasteiger partial charge is 0.481 e. The molecule has 4 heteroatoms. The van der Waals surface area contributed by atoms with Crippen molar-refractivity contribution >= 4 is 11.9 Å². The SMILES string of the molecule is O=C(O)[C@@H]1[C@@H]2C[C@@H]3[C@@H]1C(=O)O[C@H]3C2. The first-order chi connectivity index (χ1) is 6.18. The lowest BCUT2D eigenvalue weighted by molar-refractivity contribution is -0.151. The standard InChI is InChI=1S/C9H10O4/c10-8(11)6-3-1-4-5(2-3)13-9(12)7(4)6/h3-7H,1-2H2,(H,10,11)/t3-,4+,5+,6-,7+/m1/s1. The van der Waals surface area contributed by atoms with Gasteiger partial charge in [0.1, 0.15) is 6.10 Å². The van der Waals surface area contributed by atoms with E-state index in [4.69, 9.17) is 9.84 Å². The summed E-state index contributed by atoms with van der Waals surface area (Å²) in [6.45, 7) is 0. The Morgan fingerprint density at radius 2 is 2.23 bits per heavy atom. The van der Waals surface area contributed by atoms with Gasteiger partial charge in [-0.3, -0.25) is 9.59 Å². The second-order valence-corrected chi connectivity index (χ2v) is 4.26. The molecule has 5 atom stereocenters. The number of fused-ring (bicyclic) bond motifs is 1. The first kappa shape index (κ1) is 7.35. The van der Waals surface area contributed by atoms with Crippen LogP contribution in [-0.2, 0) is 14.3 Å². The third-order valence-corrected chi connectivity index (χ3v) is 3.77. The van der Waals surface area contributed by atoms with Crippen molar-refractivity contribution < 1.29 is 19.4 Å². The number of ether oxygens (including phenoxy) is 1. The number of hydrogen-bond acceptors (Lipinski definition) is 3. The second kappa shape index (κ2) is 2.05. The van der Waals surface area contributed by atoms with E-state index in [0.29, 0.717) is 0 Å². The van der Waals surface area contributed by atoms with Crippen LogP contribution in [0.4, 0.5) is 0 Å². The summed E-state index contributed by atoms with van der Waals surface area (Å²) in [4.78, 5) is 22.2. The number of rotatable bonds is 1. The fraction of sp³-hybridized carbons (Fsp3) is 0.778. The van der Waals surface area contributed by atoms with Gasteiger partial charge in [0.15, 0.2) is 0 Å². The maximum Gasteiger partial charge on any atom is 0.310 e. The molecule has 0 spiro atoms. The maximum absolute atomic E-state index is 11.3. The molecular formula is C9H10O4. The Bertz CT molecular complexity index is 296. The van der Waals surface area contributed by atoms with Gasteiger partial charge < -0.3 is 9.84 Å². The molecule has 2 bridgehead atoms. The zero-order valence-corrected chi connectivity index (χ0v) is 6.97. The van der Waals surface area contributed by atoms with Crippen molar-refractivity contribution in [2.45, 2.75) is 18.9 Å². The zero-order valence-electron chi connectivity index (χ0n) is 6.97. The van der Waals surface area contributed by atoms with E-state index < -0.39 is 11.9 Å². The summed E-state index contributed by atoms with van der Waals surface area (Å²) < 4.78 is 5.12. The average molecular weight is 182 g/mol. The van der Waals surface area contributed by atoms with Crippen LogP contribution in [-0.4, -0.2) is 23.1 Å². The van der Waals surface area contributed by atoms with Crippen molar-refractivity contribution in [1.82, 2.24) is 0 Å². The first-order valence-electron chi connectivity index (χ1n) is 4.62. The van der Waals surface area contributed by atoms with Crippen molar-refractivity contribution in [3.63, 3.8) is 0 Å². The highest BCUT2D eigenvalue weighted by Gasteiger charge is 2.64. The molecular weight excluding hydrogens is 172 g/mol. The molecule has 3 rings (SSSR count). The molecule has 3 aliphatic rings. The number of esters is 1. The third-order valence-electron chi connectivity index (χ3n) is 3.77. The molecule has 70 valence electrons. The van der Waals surface area contributed by atoms with Crippen molar-refractivity contribution in [2.24, 2.45) is 23.7 Å². The molecule has 0 aromatic heterocycles. The van der Waals surface area contributed by atoms with E-state index in [1.165, 1.54) is 0 Å². The van der Waals surface area contributed by atoms with E-state index in [1.54, 1.807) is 0 Å². The predicted molar refractivity (Wildman–Crippen MR) is 40.7 cm³/mol. The van der Waals surface area contributed by atoms with E-state index in [1.807, 2.05) is 0 Å². The summed E-state index contributed by atoms with van der Waals surface area (Å²) in [5.74, 6) is -1.50. The monoisotopic (exact) mass is 182 g/mol. The Hall–Kier alpha value is -1.06. The summed E-state index contributed by atoms with van der Waals surface area (Å²) in [5.41, 5.74) is 0. The minimum Gasteiger partial charge on any atom is -0.481 e. The van der Waals surface area contributed by atoms with Crippen LogP contribution in [0.5, 0.6) is 0 Å². The number of carbonyl (C=O) groups excluding carboxylic acids is 1. The number of carbonyl (C=O) groups is 2. The van der Waals surface area contributed by atoms with Crippen LogP contribution in [0.2, 0.25) is 0 Å². The van der Waals surface area contributed by atoms with E-state index in [9.17, 15) is 9.59 Å². The molecule has 1 saturated heterocycles. The lowest BCUT2D eigenvalue weighted by Gasteiger charge is -2.19. The van der Waals surface area contributed by atoms with Gasteiger partial charge in [-0.1, -0.05) is 0 Å². The zero-order chi connectivity index (χ0) is 9.16. The summed E-state index contributed by atoms with van der Waals surface area (Å²) in [6.07, 6.45) is 1.68. The van der Waals surface area contributed by atoms with Crippen molar-refractivity contribution in [1.29, 1.82) is 0 Å². The molecule has 0 aromatic rings. The molecule has 0 aromatic carbocycles. The van der Waals surface area contributed by atoms with Gasteiger partial charge in [0, 0.05) is 5.92 Å². The number of aliphatic carboxylic acids is 1. The Kier molecular flexibility index (Phi) is 1.16. The normalized spacial score (nSPS) is 51.1. The molecule has 13 heavy (non-hydrogen) atoms. The fourth-order valence-electron chi connectivity index (χ4n) is 3.34. The minimum absolute atomic E-state index is 0.0399. The van der Waals surface area contributed by atoms with Gasteiger partial charge in [-0.15, -0.1) is 0 Å². The van der Waals surface area contributed by atoms with E-state index in [-0.39, 0.29) is 29.8 Å². The molecule has 1 heterocycles. The van der Waals surface area contributed by atoms with Gasteiger partial charge in [-0.05, 0) is 18.8 Å². The van der Waals surface area contributed by atoms with Crippen LogP contribution in [0.1, 0.15) is 12.8 Å². The number of hydrogen-bond donors (Lipinski definition) is 1. The number of carboxylic acid groups (broad SMARTS) is 1. The van der Waals surface area contributed by atoms with Gasteiger partial charge >= 0.3 is 11.9 Å². The molecule has 0 amide bonds. The van der Waals surface area contributed by atoms with E-state index >= 15 is 0 Å². The Labute approximate surface area is 74.9 Å². The molecule has 3 fully saturated rings. The lowest BCUT2D eigenvalue weighted by atomic mass is 9.80. The van der Waals surface area contributed by atoms with Gasteiger partial charge in [-0.2, -0.15) is 0 Å². The van der Waals surface area contributed by atoms with Gasteiger partial charge in [-0.25, -0.2) is 0 Å². The van der Waals surface area contributed by atoms with Crippen LogP contribution in [0, 0.1) is 23.7 Å². The van der Waals surface area contributed by atoms with E-state index in [0.717, 1.165) is 12.8 Å². The van der Waals surface area contributed by atoms with Crippen LogP contribution in [0.3, 0.4) is 0 Å². The molecule has 1 N–H and O–H groups in total. The highest BCUT2D eigenvalue weighted by molar-refractivity contribution is 5.84. The fourth-order valence-corrected chi connectivity index (χ4v) is 3.34. The molecule has 2 saturated carbocycles. The lowest BCUT2D eigenvalue weighted by Crippen LogP contribution is -2.31. The minimum atomic E-state index is -0.824. The smallest absolute Gasteiger partial charge is 0.310 e.